The van der Waals surface area contributed by atoms with Gasteiger partial charge in [0.15, 0.2) is 0 Å². The normalized spacial score (nSPS) is 12.6. The molecule has 0 fully saturated rings. The lowest BCUT2D eigenvalue weighted by Crippen LogP contribution is -2.47. The van der Waals surface area contributed by atoms with E-state index >= 15 is 0 Å². The van der Waals surface area contributed by atoms with Gasteiger partial charge in [0, 0.05) is 5.54 Å². The molecular weight excluding hydrogens is 284 g/mol. The summed E-state index contributed by atoms with van der Waals surface area (Å²) in [6.07, 6.45) is 2.14. The number of rotatable bonds is 6. The zero-order valence-electron chi connectivity index (χ0n) is 11.5. The number of nitrogens with two attached hydrogens (primary N) is 1. The Morgan fingerprint density at radius 3 is 2.16 bits per heavy atom. The van der Waals surface area contributed by atoms with Crippen LogP contribution in [-0.2, 0) is 10.0 Å². The Hall–Kier alpha value is -0.780. The van der Waals surface area contributed by atoms with Crippen LogP contribution in [0, 0.1) is 0 Å². The summed E-state index contributed by atoms with van der Waals surface area (Å²) in [5, 5.41) is 0.143. The molecule has 4 nitrogen and oxygen atoms in total. The number of nitrogens with one attached hydrogen (secondary N) is 1. The Morgan fingerprint density at radius 2 is 1.74 bits per heavy atom. The van der Waals surface area contributed by atoms with Crippen LogP contribution >= 0.6 is 11.6 Å². The summed E-state index contributed by atoms with van der Waals surface area (Å²) in [6.45, 7) is 5.89. The number of halogens is 1. The summed E-state index contributed by atoms with van der Waals surface area (Å²) in [7, 11) is -3.72. The molecule has 1 aromatic carbocycles. The molecule has 0 aliphatic rings. The summed E-state index contributed by atoms with van der Waals surface area (Å²) >= 11 is 5.97. The van der Waals surface area contributed by atoms with Crippen molar-refractivity contribution in [3.8, 4) is 0 Å². The highest BCUT2D eigenvalue weighted by molar-refractivity contribution is 7.89. The minimum Gasteiger partial charge on any atom is -0.398 e. The zero-order chi connectivity index (χ0) is 14.7. The molecule has 19 heavy (non-hydrogen) atoms. The van der Waals surface area contributed by atoms with Crippen LogP contribution < -0.4 is 10.5 Å². The second kappa shape index (κ2) is 6.11. The van der Waals surface area contributed by atoms with Crippen molar-refractivity contribution in [1.29, 1.82) is 0 Å². The van der Waals surface area contributed by atoms with Crippen LogP contribution in [0.2, 0.25) is 5.02 Å². The summed E-state index contributed by atoms with van der Waals surface area (Å²) in [4.78, 5) is -0.0311. The Morgan fingerprint density at radius 1 is 1.21 bits per heavy atom. The monoisotopic (exact) mass is 304 g/mol. The van der Waals surface area contributed by atoms with Crippen molar-refractivity contribution in [2.45, 2.75) is 50.5 Å². The van der Waals surface area contributed by atoms with Gasteiger partial charge < -0.3 is 5.73 Å². The van der Waals surface area contributed by atoms with Crippen LogP contribution in [0.3, 0.4) is 0 Å². The number of anilines is 1. The lowest BCUT2D eigenvalue weighted by Gasteiger charge is -2.31. The van der Waals surface area contributed by atoms with Gasteiger partial charge in [-0.05, 0) is 31.4 Å². The SMILES string of the molecule is CCC(CC)(CC)NS(=O)(=O)c1c(N)cccc1Cl. The standard InChI is InChI=1S/C13H21ClN2O2S/c1-4-13(5-2,6-3)16-19(17,18)12-10(14)8-7-9-11(12)15/h7-9,16H,4-6,15H2,1-3H3. The fourth-order valence-corrected chi connectivity index (χ4v) is 4.41. The minimum atomic E-state index is -3.72. The molecule has 3 N–H and O–H groups in total. The highest BCUT2D eigenvalue weighted by Crippen LogP contribution is 2.30. The van der Waals surface area contributed by atoms with Crippen LogP contribution in [0.25, 0.3) is 0 Å². The summed E-state index contributed by atoms with van der Waals surface area (Å²) in [5.41, 5.74) is 5.46. The molecule has 0 bridgehead atoms. The zero-order valence-corrected chi connectivity index (χ0v) is 13.1. The van der Waals surface area contributed by atoms with E-state index in [2.05, 4.69) is 4.72 Å². The van der Waals surface area contributed by atoms with Gasteiger partial charge in [-0.2, -0.15) is 0 Å². The number of nitrogen functional groups attached to an aromatic ring is 1. The third kappa shape index (κ3) is 3.41. The third-order valence-electron chi connectivity index (χ3n) is 3.65. The quantitative estimate of drug-likeness (QED) is 0.793. The van der Waals surface area contributed by atoms with E-state index in [1.54, 1.807) is 6.07 Å². The fraction of sp³-hybridized carbons (Fsp3) is 0.538. The van der Waals surface area contributed by atoms with Crippen molar-refractivity contribution < 1.29 is 8.42 Å². The van der Waals surface area contributed by atoms with Crippen molar-refractivity contribution in [1.82, 2.24) is 4.72 Å². The van der Waals surface area contributed by atoms with Crippen molar-refractivity contribution >= 4 is 27.3 Å². The molecule has 0 unspecified atom stereocenters. The largest absolute Gasteiger partial charge is 0.398 e. The van der Waals surface area contributed by atoms with Crippen LogP contribution in [0.1, 0.15) is 40.0 Å². The molecule has 0 aliphatic carbocycles. The maximum absolute atomic E-state index is 12.5. The smallest absolute Gasteiger partial charge is 0.244 e. The molecule has 1 aromatic rings. The predicted molar refractivity (Wildman–Crippen MR) is 79.8 cm³/mol. The lowest BCUT2D eigenvalue weighted by atomic mass is 9.91. The maximum atomic E-state index is 12.5. The number of sulfonamides is 1. The Bertz CT molecular complexity index is 511. The number of hydrogen-bond acceptors (Lipinski definition) is 3. The van der Waals surface area contributed by atoms with Crippen molar-refractivity contribution in [2.24, 2.45) is 0 Å². The van der Waals surface area contributed by atoms with Gasteiger partial charge in [-0.25, -0.2) is 13.1 Å². The molecule has 0 spiro atoms. The third-order valence-corrected chi connectivity index (χ3v) is 5.77. The van der Waals surface area contributed by atoms with E-state index in [4.69, 9.17) is 17.3 Å². The second-order valence-electron chi connectivity index (χ2n) is 4.60. The first-order valence-corrected chi connectivity index (χ1v) is 8.26. The van der Waals surface area contributed by atoms with Crippen LogP contribution in [0.5, 0.6) is 0 Å². The Kier molecular flexibility index (Phi) is 5.24. The average Bonchev–Trinajstić information content (AvgIpc) is 2.35. The first-order valence-electron chi connectivity index (χ1n) is 6.40. The summed E-state index contributed by atoms with van der Waals surface area (Å²) < 4.78 is 27.7. The van der Waals surface area contributed by atoms with E-state index in [-0.39, 0.29) is 15.6 Å². The van der Waals surface area contributed by atoms with Gasteiger partial charge in [0.25, 0.3) is 0 Å². The van der Waals surface area contributed by atoms with Crippen molar-refractivity contribution in [3.63, 3.8) is 0 Å². The number of benzene rings is 1. The van der Waals surface area contributed by atoms with Crippen LogP contribution in [0.15, 0.2) is 23.1 Å². The van der Waals surface area contributed by atoms with Gasteiger partial charge in [-0.15, -0.1) is 0 Å². The van der Waals surface area contributed by atoms with E-state index in [1.807, 2.05) is 20.8 Å². The summed E-state index contributed by atoms with van der Waals surface area (Å²) in [6, 6.07) is 4.69. The van der Waals surface area contributed by atoms with Crippen molar-refractivity contribution in [3.05, 3.63) is 23.2 Å². The molecular formula is C13H21ClN2O2S. The molecule has 0 atom stereocenters. The van der Waals surface area contributed by atoms with E-state index in [9.17, 15) is 8.42 Å². The molecule has 0 saturated heterocycles. The first-order chi connectivity index (χ1) is 8.82. The molecule has 108 valence electrons. The van der Waals surface area contributed by atoms with E-state index in [1.165, 1.54) is 12.1 Å². The van der Waals surface area contributed by atoms with E-state index in [0.717, 1.165) is 0 Å². The molecule has 1 rings (SSSR count). The molecule has 0 amide bonds. The van der Waals surface area contributed by atoms with Gasteiger partial charge in [-0.1, -0.05) is 38.4 Å². The van der Waals surface area contributed by atoms with Gasteiger partial charge in [0.2, 0.25) is 10.0 Å². The maximum Gasteiger partial charge on any atom is 0.244 e. The van der Waals surface area contributed by atoms with Gasteiger partial charge >= 0.3 is 0 Å². The molecule has 6 heteroatoms. The topological polar surface area (TPSA) is 72.2 Å². The molecule has 0 heterocycles. The van der Waals surface area contributed by atoms with Crippen LogP contribution in [0.4, 0.5) is 5.69 Å². The molecule has 0 aliphatic heterocycles. The van der Waals surface area contributed by atoms with Gasteiger partial charge in [-0.3, -0.25) is 0 Å². The molecule has 0 radical (unpaired) electrons. The predicted octanol–water partition coefficient (Wildman–Crippen LogP) is 3.17. The Labute approximate surface area is 120 Å². The highest BCUT2D eigenvalue weighted by atomic mass is 35.5. The first kappa shape index (κ1) is 16.3. The minimum absolute atomic E-state index is 0.0311. The Balaban J connectivity index is 3.26. The van der Waals surface area contributed by atoms with E-state index in [0.29, 0.717) is 19.3 Å². The fourth-order valence-electron chi connectivity index (χ4n) is 2.11. The van der Waals surface area contributed by atoms with E-state index < -0.39 is 15.6 Å². The number of hydrogen-bond donors (Lipinski definition) is 2. The highest BCUT2D eigenvalue weighted by Gasteiger charge is 2.32. The second-order valence-corrected chi connectivity index (χ2v) is 6.63. The summed E-state index contributed by atoms with van der Waals surface area (Å²) in [5.74, 6) is 0. The van der Waals surface area contributed by atoms with Gasteiger partial charge in [0.1, 0.15) is 4.90 Å². The van der Waals surface area contributed by atoms with Gasteiger partial charge in [0.05, 0.1) is 10.7 Å². The molecule has 0 aromatic heterocycles. The molecule has 0 saturated carbocycles. The van der Waals surface area contributed by atoms with Crippen LogP contribution in [-0.4, -0.2) is 14.0 Å². The van der Waals surface area contributed by atoms with Crippen molar-refractivity contribution in [2.75, 3.05) is 5.73 Å². The average molecular weight is 305 g/mol. The lowest BCUT2D eigenvalue weighted by molar-refractivity contribution is 0.342.